The summed E-state index contributed by atoms with van der Waals surface area (Å²) in [5, 5.41) is 8.41. The summed E-state index contributed by atoms with van der Waals surface area (Å²) >= 11 is 0. The molecule has 0 atom stereocenters. The second kappa shape index (κ2) is 6.91. The Morgan fingerprint density at radius 1 is 1.26 bits per heavy atom. The Hall–Kier alpha value is -2.89. The lowest BCUT2D eigenvalue weighted by molar-refractivity contribution is 0.643. The van der Waals surface area contributed by atoms with Crippen LogP contribution in [-0.4, -0.2) is 25.0 Å². The first-order valence-corrected chi connectivity index (χ1v) is 7.59. The number of anilines is 1. The summed E-state index contributed by atoms with van der Waals surface area (Å²) in [4.78, 5) is 7.00. The van der Waals surface area contributed by atoms with Crippen LogP contribution >= 0.6 is 0 Å². The number of nitrogens with zero attached hydrogens (tertiary/aromatic N) is 4. The zero-order valence-corrected chi connectivity index (χ0v) is 13.1. The first-order chi connectivity index (χ1) is 11.2. The predicted molar refractivity (Wildman–Crippen MR) is 90.5 cm³/mol. The lowest BCUT2D eigenvalue weighted by atomic mass is 10.1. The summed E-state index contributed by atoms with van der Waals surface area (Å²) in [7, 11) is 0. The Bertz CT molecular complexity index is 784. The van der Waals surface area contributed by atoms with Crippen molar-refractivity contribution in [1.29, 1.82) is 0 Å². The van der Waals surface area contributed by atoms with E-state index in [-0.39, 0.29) is 0 Å². The number of allylic oxidation sites excluding steroid dienone is 1. The number of benzene rings is 1. The largest absolute Gasteiger partial charge is 0.369 e. The van der Waals surface area contributed by atoms with Crippen molar-refractivity contribution in [2.45, 2.75) is 26.3 Å². The fraction of sp³-hybridized carbons (Fsp3) is 0.235. The smallest absolute Gasteiger partial charge is 0.197 e. The van der Waals surface area contributed by atoms with Gasteiger partial charge in [-0.1, -0.05) is 47.2 Å². The first kappa shape index (κ1) is 15.0. The van der Waals surface area contributed by atoms with Crippen LogP contribution in [0.5, 0.6) is 0 Å². The van der Waals surface area contributed by atoms with E-state index in [9.17, 15) is 0 Å². The number of hydrogen-bond donors (Lipinski definition) is 2. The highest BCUT2D eigenvalue weighted by Crippen LogP contribution is 2.09. The molecule has 0 aliphatic carbocycles. The molecule has 2 aromatic heterocycles. The molecule has 23 heavy (non-hydrogen) atoms. The number of aromatic nitrogens is 5. The van der Waals surface area contributed by atoms with E-state index in [0.717, 1.165) is 30.8 Å². The van der Waals surface area contributed by atoms with Gasteiger partial charge >= 0.3 is 0 Å². The molecule has 0 amide bonds. The number of aryl methyl sites for hydroxylation is 2. The van der Waals surface area contributed by atoms with Crippen LogP contribution < -0.4 is 5.73 Å². The molecule has 6 nitrogen and oxygen atoms in total. The van der Waals surface area contributed by atoms with Crippen molar-refractivity contribution in [2.24, 2.45) is 0 Å². The molecule has 0 saturated heterocycles. The molecule has 0 aliphatic heterocycles. The molecule has 2 heterocycles. The van der Waals surface area contributed by atoms with Gasteiger partial charge in [-0.15, -0.1) is 5.10 Å². The molecule has 0 unspecified atom stereocenters. The summed E-state index contributed by atoms with van der Waals surface area (Å²) < 4.78 is 1.87. The topological polar surface area (TPSA) is 85.4 Å². The molecule has 0 fully saturated rings. The number of nitrogen functional groups attached to an aromatic ring is 1. The Balaban J connectivity index is 1.57. The van der Waals surface area contributed by atoms with Gasteiger partial charge in [-0.2, -0.15) is 0 Å². The fourth-order valence-electron chi connectivity index (χ4n) is 2.43. The minimum Gasteiger partial charge on any atom is -0.369 e. The van der Waals surface area contributed by atoms with Gasteiger partial charge < -0.3 is 10.7 Å². The van der Waals surface area contributed by atoms with Gasteiger partial charge in [0.15, 0.2) is 5.95 Å². The van der Waals surface area contributed by atoms with E-state index in [1.807, 2.05) is 29.1 Å². The van der Waals surface area contributed by atoms with E-state index < -0.39 is 0 Å². The number of H-pyrrole nitrogens is 1. The Morgan fingerprint density at radius 3 is 2.83 bits per heavy atom. The van der Waals surface area contributed by atoms with Crippen molar-refractivity contribution >= 4 is 12.0 Å². The molecule has 6 heteroatoms. The standard InChI is InChI=1S/C17H20N6/c1-13(9-14-5-3-2-4-6-14)11-23-12-16(21-22-23)8-7-15-10-19-17(18)20-15/h2-6,9-10,12H,7-8,11H2,1H3,(H3,18,19,20). The Morgan fingerprint density at radius 2 is 2.09 bits per heavy atom. The summed E-state index contributed by atoms with van der Waals surface area (Å²) in [6.07, 6.45) is 7.54. The summed E-state index contributed by atoms with van der Waals surface area (Å²) in [5.74, 6) is 0.449. The third-order valence-electron chi connectivity index (χ3n) is 3.51. The molecule has 3 rings (SSSR count). The van der Waals surface area contributed by atoms with Crippen LogP contribution in [0, 0.1) is 0 Å². The minimum absolute atomic E-state index is 0.449. The van der Waals surface area contributed by atoms with Crippen molar-refractivity contribution < 1.29 is 0 Å². The Kier molecular flexibility index (Phi) is 4.52. The number of nitrogens with one attached hydrogen (secondary N) is 1. The number of hydrogen-bond acceptors (Lipinski definition) is 4. The summed E-state index contributed by atoms with van der Waals surface area (Å²) in [5.41, 5.74) is 9.97. The maximum atomic E-state index is 5.56. The van der Waals surface area contributed by atoms with Gasteiger partial charge in [0, 0.05) is 11.9 Å². The monoisotopic (exact) mass is 308 g/mol. The van der Waals surface area contributed by atoms with Crippen molar-refractivity contribution in [3.05, 3.63) is 65.2 Å². The third kappa shape index (κ3) is 4.29. The van der Waals surface area contributed by atoms with Crippen LogP contribution in [0.4, 0.5) is 5.95 Å². The van der Waals surface area contributed by atoms with Gasteiger partial charge in [0.2, 0.25) is 0 Å². The minimum atomic E-state index is 0.449. The molecule has 0 radical (unpaired) electrons. The van der Waals surface area contributed by atoms with Gasteiger partial charge in [-0.25, -0.2) is 9.67 Å². The molecule has 118 valence electrons. The number of rotatable bonds is 6. The van der Waals surface area contributed by atoms with Crippen LogP contribution in [0.25, 0.3) is 6.08 Å². The lowest BCUT2D eigenvalue weighted by Crippen LogP contribution is -1.99. The lowest BCUT2D eigenvalue weighted by Gasteiger charge is -2.01. The predicted octanol–water partition coefficient (Wildman–Crippen LogP) is 2.47. The van der Waals surface area contributed by atoms with Gasteiger partial charge in [0.1, 0.15) is 0 Å². The Labute approximate surface area is 135 Å². The molecule has 0 spiro atoms. The van der Waals surface area contributed by atoms with Crippen LogP contribution in [0.3, 0.4) is 0 Å². The second-order valence-corrected chi connectivity index (χ2v) is 5.60. The average molecular weight is 308 g/mol. The maximum absolute atomic E-state index is 5.56. The normalized spacial score (nSPS) is 11.8. The first-order valence-electron chi connectivity index (χ1n) is 7.59. The summed E-state index contributed by atoms with van der Waals surface area (Å²) in [6, 6.07) is 10.3. The average Bonchev–Trinajstić information content (AvgIpc) is 3.15. The maximum Gasteiger partial charge on any atom is 0.197 e. The van der Waals surface area contributed by atoms with Crippen molar-refractivity contribution in [3.63, 3.8) is 0 Å². The second-order valence-electron chi connectivity index (χ2n) is 5.60. The van der Waals surface area contributed by atoms with Crippen LogP contribution in [0.2, 0.25) is 0 Å². The fourth-order valence-corrected chi connectivity index (χ4v) is 2.43. The van der Waals surface area contributed by atoms with E-state index in [1.54, 1.807) is 6.20 Å². The van der Waals surface area contributed by atoms with Crippen LogP contribution in [-0.2, 0) is 19.4 Å². The molecule has 3 N–H and O–H groups in total. The highest BCUT2D eigenvalue weighted by molar-refractivity contribution is 5.51. The highest BCUT2D eigenvalue weighted by atomic mass is 15.4. The number of imidazole rings is 1. The quantitative estimate of drug-likeness (QED) is 0.732. The van der Waals surface area contributed by atoms with E-state index in [1.165, 1.54) is 11.1 Å². The van der Waals surface area contributed by atoms with Crippen molar-refractivity contribution in [2.75, 3.05) is 5.73 Å². The molecular weight excluding hydrogens is 288 g/mol. The van der Waals surface area contributed by atoms with Gasteiger partial charge in [0.05, 0.1) is 18.4 Å². The van der Waals surface area contributed by atoms with Gasteiger partial charge in [-0.05, 0) is 25.3 Å². The van der Waals surface area contributed by atoms with E-state index in [2.05, 4.69) is 45.4 Å². The summed E-state index contributed by atoms with van der Waals surface area (Å²) in [6.45, 7) is 2.83. The van der Waals surface area contributed by atoms with Crippen molar-refractivity contribution in [3.8, 4) is 0 Å². The number of aromatic amines is 1. The zero-order chi connectivity index (χ0) is 16.1. The van der Waals surface area contributed by atoms with Crippen LogP contribution in [0.15, 0.2) is 48.3 Å². The zero-order valence-electron chi connectivity index (χ0n) is 13.1. The van der Waals surface area contributed by atoms with E-state index in [0.29, 0.717) is 5.95 Å². The molecule has 0 aliphatic rings. The van der Waals surface area contributed by atoms with Gasteiger partial charge in [0.25, 0.3) is 0 Å². The molecule has 1 aromatic carbocycles. The van der Waals surface area contributed by atoms with Crippen molar-refractivity contribution in [1.82, 2.24) is 25.0 Å². The molecule has 0 saturated carbocycles. The third-order valence-corrected chi connectivity index (χ3v) is 3.51. The van der Waals surface area contributed by atoms with E-state index >= 15 is 0 Å². The molecular formula is C17H20N6. The van der Waals surface area contributed by atoms with E-state index in [4.69, 9.17) is 5.73 Å². The molecule has 3 aromatic rings. The SMILES string of the molecule is CC(=Cc1ccccc1)Cn1cc(CCc2cnc(N)[nH]2)nn1. The van der Waals surface area contributed by atoms with Crippen LogP contribution in [0.1, 0.15) is 23.9 Å². The van der Waals surface area contributed by atoms with Gasteiger partial charge in [-0.3, -0.25) is 0 Å². The highest BCUT2D eigenvalue weighted by Gasteiger charge is 2.04. The molecule has 0 bridgehead atoms. The number of nitrogens with two attached hydrogens (primary N) is 1.